The van der Waals surface area contributed by atoms with E-state index in [1.54, 1.807) is 4.90 Å². The molecule has 23 heavy (non-hydrogen) atoms. The highest BCUT2D eigenvalue weighted by Gasteiger charge is 2.21. The van der Waals surface area contributed by atoms with Crippen molar-refractivity contribution < 1.29 is 21.9 Å². The molecule has 0 heterocycles. The Hall–Kier alpha value is -1.38. The van der Waals surface area contributed by atoms with Gasteiger partial charge in [-0.1, -0.05) is 66.7 Å². The first-order valence-electron chi connectivity index (χ1n) is 8.51. The molecule has 1 nitrogen and oxygen atoms in total. The fraction of sp³-hybridized carbons (Fsp3) is 0.333. The van der Waals surface area contributed by atoms with Gasteiger partial charge < -0.3 is 21.9 Å². The average Bonchev–Trinajstić information content (AvgIpc) is 2.85. The molecule has 0 radical (unpaired) electrons. The first-order valence-corrected chi connectivity index (χ1v) is 8.51. The zero-order valence-corrected chi connectivity index (χ0v) is 15.2. The van der Waals surface area contributed by atoms with Crippen LogP contribution < -0.4 is 21.9 Å². The number of hydrogen-bond acceptors (Lipinski definition) is 0. The smallest absolute Gasteiger partial charge is 0.107 e. The Morgan fingerprint density at radius 2 is 1.35 bits per heavy atom. The van der Waals surface area contributed by atoms with Gasteiger partial charge in [0.2, 0.25) is 0 Å². The summed E-state index contributed by atoms with van der Waals surface area (Å²) in [7, 11) is 0. The molecule has 2 heteroatoms. The number of nitrogens with one attached hydrogen (secondary N) is 1. The minimum Gasteiger partial charge on any atom is -1.00 e. The summed E-state index contributed by atoms with van der Waals surface area (Å²) in [4.78, 5) is 1.66. The molecule has 2 aromatic carbocycles. The summed E-state index contributed by atoms with van der Waals surface area (Å²) >= 11 is 0. The third kappa shape index (κ3) is 5.63. The van der Waals surface area contributed by atoms with E-state index in [-0.39, 0.29) is 17.0 Å². The zero-order valence-electron chi connectivity index (χ0n) is 13.6. The lowest BCUT2D eigenvalue weighted by Gasteiger charge is -2.26. The number of quaternary nitrogens is 1. The minimum atomic E-state index is 0. The Bertz CT molecular complexity index is 538. The summed E-state index contributed by atoms with van der Waals surface area (Å²) in [5.74, 6) is 0. The second-order valence-corrected chi connectivity index (χ2v) is 6.30. The number of benzene rings is 2. The first-order chi connectivity index (χ1) is 10.9. The minimum absolute atomic E-state index is 0. The normalized spacial score (nSPS) is 17.5. The highest BCUT2D eigenvalue weighted by molar-refractivity contribution is 5.15. The summed E-state index contributed by atoms with van der Waals surface area (Å²) in [5, 5.41) is 0. The lowest BCUT2D eigenvalue weighted by molar-refractivity contribution is -0.946. The fourth-order valence-corrected chi connectivity index (χ4v) is 3.36. The molecule has 0 saturated carbocycles. The molecule has 3 rings (SSSR count). The van der Waals surface area contributed by atoms with Crippen LogP contribution in [0, 0.1) is 0 Å². The maximum atomic E-state index is 2.47. The van der Waals surface area contributed by atoms with Crippen molar-refractivity contribution in [1.29, 1.82) is 0 Å². The van der Waals surface area contributed by atoms with Gasteiger partial charge in [0.25, 0.3) is 0 Å². The summed E-state index contributed by atoms with van der Waals surface area (Å²) in [5.41, 5.74) is 2.87. The monoisotopic (exact) mass is 371 g/mol. The topological polar surface area (TPSA) is 4.44 Å². The van der Waals surface area contributed by atoms with Crippen LogP contribution in [0.1, 0.15) is 36.8 Å². The van der Waals surface area contributed by atoms with E-state index >= 15 is 0 Å². The van der Waals surface area contributed by atoms with E-state index in [0.717, 1.165) is 13.1 Å². The molecule has 122 valence electrons. The van der Waals surface area contributed by atoms with Crippen LogP contribution in [0.5, 0.6) is 0 Å². The van der Waals surface area contributed by atoms with E-state index in [2.05, 4.69) is 72.8 Å². The first kappa shape index (κ1) is 18.0. The van der Waals surface area contributed by atoms with Gasteiger partial charge in [-0.25, -0.2) is 0 Å². The van der Waals surface area contributed by atoms with Crippen LogP contribution in [0.4, 0.5) is 0 Å². The van der Waals surface area contributed by atoms with Crippen molar-refractivity contribution in [2.75, 3.05) is 0 Å². The molecule has 0 unspecified atom stereocenters. The van der Waals surface area contributed by atoms with E-state index in [0.29, 0.717) is 6.04 Å². The van der Waals surface area contributed by atoms with Gasteiger partial charge >= 0.3 is 0 Å². The highest BCUT2D eigenvalue weighted by Crippen LogP contribution is 2.10. The summed E-state index contributed by atoms with van der Waals surface area (Å²) in [6.45, 7) is 2.20. The van der Waals surface area contributed by atoms with Crippen LogP contribution in [-0.4, -0.2) is 6.04 Å². The molecule has 1 atom stereocenters. The number of allylic oxidation sites excluding steroid dienone is 1. The van der Waals surface area contributed by atoms with E-state index < -0.39 is 0 Å². The largest absolute Gasteiger partial charge is 1.00 e. The zero-order chi connectivity index (χ0) is 15.0. The van der Waals surface area contributed by atoms with Gasteiger partial charge in [0.05, 0.1) is 0 Å². The molecule has 1 aliphatic carbocycles. The molecule has 2 aromatic rings. The Kier molecular flexibility index (Phi) is 7.57. The van der Waals surface area contributed by atoms with Crippen LogP contribution in [0.2, 0.25) is 0 Å². The lowest BCUT2D eigenvalue weighted by atomic mass is 10.1. The average molecular weight is 372 g/mol. The van der Waals surface area contributed by atoms with Gasteiger partial charge in [-0.2, -0.15) is 0 Å². The SMILES string of the molecule is C1=C[C@@H]([NH+](Cc2ccccc2)Cc2ccccc2)CCCC1.[Br-]. The van der Waals surface area contributed by atoms with Gasteiger partial charge in [-0.05, 0) is 25.3 Å². The Morgan fingerprint density at radius 1 is 0.783 bits per heavy atom. The van der Waals surface area contributed by atoms with Crippen molar-refractivity contribution in [3.05, 3.63) is 83.9 Å². The maximum Gasteiger partial charge on any atom is 0.107 e. The van der Waals surface area contributed by atoms with Gasteiger partial charge in [0.15, 0.2) is 0 Å². The standard InChI is InChI=1S/C21H25N.BrH/c1-2-10-16-21(15-9-1)22(17-19-11-5-3-6-12-19)18-20-13-7-4-8-14-20;/h3-9,11-15,21H,1-2,10,16-18H2;1H/t21-;/m1./s1. The molecule has 0 aromatic heterocycles. The second kappa shape index (κ2) is 9.69. The third-order valence-electron chi connectivity index (χ3n) is 4.58. The van der Waals surface area contributed by atoms with Crippen molar-refractivity contribution in [3.8, 4) is 0 Å². The van der Waals surface area contributed by atoms with E-state index in [9.17, 15) is 0 Å². The molecule has 1 aliphatic rings. The number of halogens is 1. The third-order valence-corrected chi connectivity index (χ3v) is 4.58. The van der Waals surface area contributed by atoms with Crippen molar-refractivity contribution in [1.82, 2.24) is 0 Å². The number of rotatable bonds is 5. The quantitative estimate of drug-likeness (QED) is 0.740. The summed E-state index contributed by atoms with van der Waals surface area (Å²) < 4.78 is 0. The molecular formula is C21H26BrN. The van der Waals surface area contributed by atoms with Gasteiger partial charge in [-0.15, -0.1) is 0 Å². The van der Waals surface area contributed by atoms with Crippen LogP contribution in [0.15, 0.2) is 72.8 Å². The molecular weight excluding hydrogens is 346 g/mol. The van der Waals surface area contributed by atoms with Crippen molar-refractivity contribution in [2.45, 2.75) is 44.8 Å². The van der Waals surface area contributed by atoms with E-state index in [4.69, 9.17) is 0 Å². The maximum absolute atomic E-state index is 2.47. The van der Waals surface area contributed by atoms with Crippen LogP contribution in [-0.2, 0) is 13.1 Å². The fourth-order valence-electron chi connectivity index (χ4n) is 3.36. The Morgan fingerprint density at radius 3 is 1.91 bits per heavy atom. The summed E-state index contributed by atoms with van der Waals surface area (Å²) in [6.07, 6.45) is 10.1. The Labute approximate surface area is 150 Å². The van der Waals surface area contributed by atoms with Crippen molar-refractivity contribution >= 4 is 0 Å². The predicted molar refractivity (Wildman–Crippen MR) is 92.7 cm³/mol. The molecule has 0 spiro atoms. The number of hydrogen-bond donors (Lipinski definition) is 1. The Balaban J connectivity index is 0.00000192. The van der Waals surface area contributed by atoms with Gasteiger partial charge in [0.1, 0.15) is 19.1 Å². The van der Waals surface area contributed by atoms with Gasteiger partial charge in [-0.3, -0.25) is 0 Å². The molecule has 1 N–H and O–H groups in total. The van der Waals surface area contributed by atoms with Crippen LogP contribution >= 0.6 is 0 Å². The van der Waals surface area contributed by atoms with E-state index in [1.165, 1.54) is 36.8 Å². The van der Waals surface area contributed by atoms with Crippen LogP contribution in [0.25, 0.3) is 0 Å². The molecule has 0 saturated heterocycles. The van der Waals surface area contributed by atoms with Crippen molar-refractivity contribution in [3.63, 3.8) is 0 Å². The van der Waals surface area contributed by atoms with E-state index in [1.807, 2.05) is 0 Å². The van der Waals surface area contributed by atoms with Crippen molar-refractivity contribution in [2.24, 2.45) is 0 Å². The summed E-state index contributed by atoms with van der Waals surface area (Å²) in [6, 6.07) is 22.5. The molecule has 0 aliphatic heterocycles. The predicted octanol–water partition coefficient (Wildman–Crippen LogP) is 0.775. The lowest BCUT2D eigenvalue weighted by Crippen LogP contribution is -3.13. The van der Waals surface area contributed by atoms with Crippen LogP contribution in [0.3, 0.4) is 0 Å². The second-order valence-electron chi connectivity index (χ2n) is 6.30. The molecule has 0 fully saturated rings. The van der Waals surface area contributed by atoms with Gasteiger partial charge in [0, 0.05) is 17.5 Å². The highest BCUT2D eigenvalue weighted by atomic mass is 79.9. The molecule has 0 amide bonds. The molecule has 0 bridgehead atoms.